The zero-order chi connectivity index (χ0) is 23.8. The van der Waals surface area contributed by atoms with Crippen LogP contribution >= 0.6 is 0 Å². The molecule has 10 heteroatoms. The first-order valence-electron chi connectivity index (χ1n) is 10.9. The predicted molar refractivity (Wildman–Crippen MR) is 125 cm³/mol. The molecule has 178 valence electrons. The molecule has 0 saturated carbocycles. The van der Waals surface area contributed by atoms with Gasteiger partial charge in [0.1, 0.15) is 5.82 Å². The van der Waals surface area contributed by atoms with Gasteiger partial charge >= 0.3 is 0 Å². The number of likely N-dealkylation sites (N-methyl/N-ethyl adjacent to an activating group) is 1. The van der Waals surface area contributed by atoms with E-state index < -0.39 is 21.7 Å². The first-order chi connectivity index (χ1) is 15.8. The van der Waals surface area contributed by atoms with Crippen LogP contribution in [-0.4, -0.2) is 62.7 Å². The SMILES string of the molecule is CN(CC(=O)Nc1ccc(F)cc1)C(=O)CNc1cccc(S(=O)(=O)N2CCCCCC2)c1. The normalized spacial score (nSPS) is 14.8. The second-order valence-corrected chi connectivity index (χ2v) is 9.94. The lowest BCUT2D eigenvalue weighted by molar-refractivity contribution is -0.131. The van der Waals surface area contributed by atoms with Crippen LogP contribution < -0.4 is 10.6 Å². The third kappa shape index (κ3) is 7.00. The molecule has 0 radical (unpaired) electrons. The summed E-state index contributed by atoms with van der Waals surface area (Å²) in [5.41, 5.74) is 0.936. The molecule has 1 aliphatic heterocycles. The van der Waals surface area contributed by atoms with E-state index in [9.17, 15) is 22.4 Å². The van der Waals surface area contributed by atoms with Crippen LogP contribution in [0, 0.1) is 5.82 Å². The highest BCUT2D eigenvalue weighted by Crippen LogP contribution is 2.22. The molecule has 0 unspecified atom stereocenters. The summed E-state index contributed by atoms with van der Waals surface area (Å²) in [6, 6.07) is 11.7. The maximum atomic E-state index is 13.0. The van der Waals surface area contributed by atoms with Crippen molar-refractivity contribution in [1.82, 2.24) is 9.21 Å². The number of amides is 2. The van der Waals surface area contributed by atoms with Crippen LogP contribution in [-0.2, 0) is 19.6 Å². The Labute approximate surface area is 193 Å². The van der Waals surface area contributed by atoms with Crippen LogP contribution in [0.5, 0.6) is 0 Å². The van der Waals surface area contributed by atoms with Gasteiger partial charge in [0, 0.05) is 31.5 Å². The zero-order valence-corrected chi connectivity index (χ0v) is 19.4. The average molecular weight is 477 g/mol. The molecule has 0 spiro atoms. The molecular weight excluding hydrogens is 447 g/mol. The van der Waals surface area contributed by atoms with Gasteiger partial charge in [-0.25, -0.2) is 12.8 Å². The van der Waals surface area contributed by atoms with Crippen molar-refractivity contribution in [3.8, 4) is 0 Å². The monoisotopic (exact) mass is 476 g/mol. The molecule has 8 nitrogen and oxygen atoms in total. The van der Waals surface area contributed by atoms with E-state index >= 15 is 0 Å². The van der Waals surface area contributed by atoms with Gasteiger partial charge < -0.3 is 15.5 Å². The highest BCUT2D eigenvalue weighted by atomic mass is 32.2. The molecule has 2 amide bonds. The van der Waals surface area contributed by atoms with E-state index in [4.69, 9.17) is 0 Å². The Kier molecular flexibility index (Phi) is 8.40. The molecule has 2 aromatic rings. The van der Waals surface area contributed by atoms with Gasteiger partial charge in [-0.15, -0.1) is 0 Å². The van der Waals surface area contributed by atoms with E-state index in [1.54, 1.807) is 18.2 Å². The lowest BCUT2D eigenvalue weighted by atomic mass is 10.2. The van der Waals surface area contributed by atoms with Gasteiger partial charge in [0.25, 0.3) is 0 Å². The summed E-state index contributed by atoms with van der Waals surface area (Å²) >= 11 is 0. The minimum Gasteiger partial charge on any atom is -0.376 e. The Balaban J connectivity index is 1.54. The fourth-order valence-electron chi connectivity index (χ4n) is 3.55. The molecule has 0 atom stereocenters. The second kappa shape index (κ2) is 11.2. The van der Waals surface area contributed by atoms with Crippen molar-refractivity contribution in [3.63, 3.8) is 0 Å². The fourth-order valence-corrected chi connectivity index (χ4v) is 5.11. The predicted octanol–water partition coefficient (Wildman–Crippen LogP) is 2.90. The zero-order valence-electron chi connectivity index (χ0n) is 18.6. The van der Waals surface area contributed by atoms with Crippen molar-refractivity contribution >= 4 is 33.2 Å². The number of hydrogen-bond acceptors (Lipinski definition) is 5. The number of rotatable bonds is 8. The third-order valence-corrected chi connectivity index (χ3v) is 7.31. The van der Waals surface area contributed by atoms with Gasteiger partial charge in [-0.1, -0.05) is 18.9 Å². The first-order valence-corrected chi connectivity index (χ1v) is 12.3. The van der Waals surface area contributed by atoms with Gasteiger partial charge in [-0.2, -0.15) is 4.31 Å². The molecule has 0 bridgehead atoms. The molecule has 1 fully saturated rings. The summed E-state index contributed by atoms with van der Waals surface area (Å²) in [5, 5.41) is 5.53. The maximum absolute atomic E-state index is 13.0. The average Bonchev–Trinajstić information content (AvgIpc) is 3.09. The van der Waals surface area contributed by atoms with Crippen LogP contribution in [0.4, 0.5) is 15.8 Å². The lowest BCUT2D eigenvalue weighted by Crippen LogP contribution is -2.38. The fraction of sp³-hybridized carbons (Fsp3) is 0.391. The Morgan fingerprint density at radius 3 is 2.33 bits per heavy atom. The number of hydrogen-bond donors (Lipinski definition) is 2. The highest BCUT2D eigenvalue weighted by Gasteiger charge is 2.25. The number of sulfonamides is 1. The third-order valence-electron chi connectivity index (χ3n) is 5.42. The van der Waals surface area contributed by atoms with Crippen LogP contribution in [0.2, 0.25) is 0 Å². The topological polar surface area (TPSA) is 98.8 Å². The summed E-state index contributed by atoms with van der Waals surface area (Å²) in [5.74, 6) is -1.16. The van der Waals surface area contributed by atoms with Gasteiger partial charge in [0.05, 0.1) is 18.0 Å². The summed E-state index contributed by atoms with van der Waals surface area (Å²) in [6.07, 6.45) is 3.77. The van der Waals surface area contributed by atoms with E-state index in [1.165, 1.54) is 46.6 Å². The minimum absolute atomic E-state index is 0.104. The molecular formula is C23H29FN4O4S. The molecule has 2 N–H and O–H groups in total. The van der Waals surface area contributed by atoms with Crippen molar-refractivity contribution in [1.29, 1.82) is 0 Å². The number of carbonyl (C=O) groups is 2. The molecule has 3 rings (SSSR count). The Morgan fingerprint density at radius 2 is 1.67 bits per heavy atom. The number of nitrogens with zero attached hydrogens (tertiary/aromatic N) is 2. The summed E-state index contributed by atoms with van der Waals surface area (Å²) in [4.78, 5) is 26.0. The van der Waals surface area contributed by atoms with Gasteiger partial charge in [0.2, 0.25) is 21.8 Å². The molecule has 1 aliphatic rings. The molecule has 33 heavy (non-hydrogen) atoms. The summed E-state index contributed by atoms with van der Waals surface area (Å²) in [7, 11) is -2.10. The first kappa shape index (κ1) is 24.7. The van der Waals surface area contributed by atoms with Crippen LogP contribution in [0.3, 0.4) is 0 Å². The number of benzene rings is 2. The van der Waals surface area contributed by atoms with Crippen LogP contribution in [0.25, 0.3) is 0 Å². The van der Waals surface area contributed by atoms with E-state index in [2.05, 4.69) is 10.6 Å². The minimum atomic E-state index is -3.59. The quantitative estimate of drug-likeness (QED) is 0.611. The van der Waals surface area contributed by atoms with Crippen molar-refractivity contribution in [3.05, 3.63) is 54.3 Å². The number of anilines is 2. The summed E-state index contributed by atoms with van der Waals surface area (Å²) < 4.78 is 40.5. The smallest absolute Gasteiger partial charge is 0.243 e. The molecule has 1 heterocycles. The maximum Gasteiger partial charge on any atom is 0.243 e. The number of carbonyl (C=O) groups excluding carboxylic acids is 2. The van der Waals surface area contributed by atoms with E-state index in [0.29, 0.717) is 24.5 Å². The standard InChI is InChI=1S/C23H29FN4O4S/c1-27(17-22(29)26-19-11-9-18(24)10-12-19)23(30)16-25-20-7-6-8-21(15-20)33(31,32)28-13-4-2-3-5-14-28/h6-12,15,25H,2-5,13-14,16-17H2,1H3,(H,26,29). The molecule has 1 saturated heterocycles. The van der Waals surface area contributed by atoms with Crippen molar-refractivity contribution in [2.24, 2.45) is 0 Å². The van der Waals surface area contributed by atoms with Gasteiger partial charge in [0.15, 0.2) is 0 Å². The lowest BCUT2D eigenvalue weighted by Gasteiger charge is -2.20. The van der Waals surface area contributed by atoms with Crippen molar-refractivity contribution in [2.45, 2.75) is 30.6 Å². The largest absolute Gasteiger partial charge is 0.376 e. The van der Waals surface area contributed by atoms with Gasteiger partial charge in [-0.3, -0.25) is 9.59 Å². The van der Waals surface area contributed by atoms with E-state index in [0.717, 1.165) is 25.7 Å². The van der Waals surface area contributed by atoms with Crippen LogP contribution in [0.1, 0.15) is 25.7 Å². The van der Waals surface area contributed by atoms with Crippen LogP contribution in [0.15, 0.2) is 53.4 Å². The van der Waals surface area contributed by atoms with Gasteiger partial charge in [-0.05, 0) is 55.3 Å². The highest BCUT2D eigenvalue weighted by molar-refractivity contribution is 7.89. The Hall–Kier alpha value is -2.98. The number of nitrogens with one attached hydrogen (secondary N) is 2. The Bertz CT molecular complexity index is 1070. The molecule has 0 aromatic heterocycles. The molecule has 0 aliphatic carbocycles. The molecule has 2 aromatic carbocycles. The Morgan fingerprint density at radius 1 is 1.00 bits per heavy atom. The van der Waals surface area contributed by atoms with Crippen molar-refractivity contribution < 1.29 is 22.4 Å². The van der Waals surface area contributed by atoms with E-state index in [1.807, 2.05) is 0 Å². The second-order valence-electron chi connectivity index (χ2n) is 8.00. The number of halogens is 1. The van der Waals surface area contributed by atoms with Crippen molar-refractivity contribution in [2.75, 3.05) is 43.9 Å². The van der Waals surface area contributed by atoms with E-state index in [-0.39, 0.29) is 23.9 Å². The summed E-state index contributed by atoms with van der Waals surface area (Å²) in [6.45, 7) is 0.751.